The number of hydrogen-bond acceptors (Lipinski definition) is 4. The van der Waals surface area contributed by atoms with Gasteiger partial charge in [-0.05, 0) is 24.3 Å². The number of nitrogens with one attached hydrogen (secondary N) is 1. The monoisotopic (exact) mass is 333 g/mol. The summed E-state index contributed by atoms with van der Waals surface area (Å²) in [6, 6.07) is 6.07. The second kappa shape index (κ2) is 6.16. The van der Waals surface area contributed by atoms with Gasteiger partial charge in [0.15, 0.2) is 0 Å². The van der Waals surface area contributed by atoms with Gasteiger partial charge >= 0.3 is 0 Å². The molecule has 1 amide bonds. The number of aromatic amines is 1. The van der Waals surface area contributed by atoms with Crippen LogP contribution in [0.3, 0.4) is 0 Å². The third-order valence-corrected chi connectivity index (χ3v) is 4.88. The Bertz CT molecular complexity index is 757. The first-order chi connectivity index (χ1) is 11.6. The van der Waals surface area contributed by atoms with Crippen LogP contribution in [-0.2, 0) is 4.74 Å². The number of aromatic nitrogens is 1. The first-order valence-electron chi connectivity index (χ1n) is 8.19. The van der Waals surface area contributed by atoms with Crippen LogP contribution < -0.4 is 0 Å². The Kier molecular flexibility index (Phi) is 3.99. The van der Waals surface area contributed by atoms with E-state index in [9.17, 15) is 14.3 Å². The SMILES string of the molecule is O=C(c1cc2ccc(F)cc2[nH]1)N1C[C@@H](O)[C@H](N2CCOCC2)C1. The molecule has 24 heavy (non-hydrogen) atoms. The average molecular weight is 333 g/mol. The molecule has 2 aliphatic rings. The number of halogens is 1. The van der Waals surface area contributed by atoms with Gasteiger partial charge in [0, 0.05) is 37.1 Å². The lowest BCUT2D eigenvalue weighted by atomic mass is 10.1. The van der Waals surface area contributed by atoms with E-state index in [0.29, 0.717) is 37.5 Å². The molecular formula is C17H20FN3O3. The van der Waals surface area contributed by atoms with E-state index >= 15 is 0 Å². The van der Waals surface area contributed by atoms with Gasteiger partial charge in [-0.1, -0.05) is 0 Å². The van der Waals surface area contributed by atoms with Crippen LogP contribution in [0.25, 0.3) is 10.9 Å². The van der Waals surface area contributed by atoms with Gasteiger partial charge < -0.3 is 19.7 Å². The molecule has 0 unspecified atom stereocenters. The summed E-state index contributed by atoms with van der Waals surface area (Å²) in [5.41, 5.74) is 1.02. The van der Waals surface area contributed by atoms with E-state index in [4.69, 9.17) is 4.74 Å². The van der Waals surface area contributed by atoms with Gasteiger partial charge in [0.2, 0.25) is 0 Å². The summed E-state index contributed by atoms with van der Waals surface area (Å²) in [6.45, 7) is 3.66. The second-order valence-electron chi connectivity index (χ2n) is 6.41. The molecule has 3 heterocycles. The minimum absolute atomic E-state index is 0.0559. The molecule has 0 radical (unpaired) electrons. The summed E-state index contributed by atoms with van der Waals surface area (Å²) >= 11 is 0. The van der Waals surface area contributed by atoms with Crippen LogP contribution in [0.15, 0.2) is 24.3 Å². The molecule has 1 aromatic carbocycles. The number of carbonyl (C=O) groups excluding carboxylic acids is 1. The van der Waals surface area contributed by atoms with Crippen molar-refractivity contribution in [1.29, 1.82) is 0 Å². The average Bonchev–Trinajstić information content (AvgIpc) is 3.18. The predicted octanol–water partition coefficient (Wildman–Crippen LogP) is 0.824. The third kappa shape index (κ3) is 2.79. The number of ether oxygens (including phenoxy) is 1. The molecule has 0 saturated carbocycles. The highest BCUT2D eigenvalue weighted by molar-refractivity contribution is 5.98. The first-order valence-corrected chi connectivity index (χ1v) is 8.19. The maximum absolute atomic E-state index is 13.3. The minimum Gasteiger partial charge on any atom is -0.390 e. The van der Waals surface area contributed by atoms with E-state index in [1.165, 1.54) is 12.1 Å². The van der Waals surface area contributed by atoms with E-state index in [1.54, 1.807) is 17.0 Å². The molecular weight excluding hydrogens is 313 g/mol. The molecule has 2 aromatic rings. The fourth-order valence-corrected chi connectivity index (χ4v) is 3.59. The molecule has 2 fully saturated rings. The lowest BCUT2D eigenvalue weighted by Gasteiger charge is -2.33. The van der Waals surface area contributed by atoms with Crippen molar-refractivity contribution in [3.05, 3.63) is 35.8 Å². The van der Waals surface area contributed by atoms with Gasteiger partial charge in [0.1, 0.15) is 11.5 Å². The second-order valence-corrected chi connectivity index (χ2v) is 6.41. The highest BCUT2D eigenvalue weighted by Gasteiger charge is 2.38. The molecule has 7 heteroatoms. The fourth-order valence-electron chi connectivity index (χ4n) is 3.59. The number of carbonyl (C=O) groups is 1. The molecule has 2 saturated heterocycles. The number of amides is 1. The van der Waals surface area contributed by atoms with Crippen molar-refractivity contribution in [2.45, 2.75) is 12.1 Å². The van der Waals surface area contributed by atoms with E-state index in [1.807, 2.05) is 0 Å². The highest BCUT2D eigenvalue weighted by Crippen LogP contribution is 2.22. The minimum atomic E-state index is -0.561. The van der Waals surface area contributed by atoms with Crippen molar-refractivity contribution in [3.8, 4) is 0 Å². The van der Waals surface area contributed by atoms with Crippen molar-refractivity contribution in [2.24, 2.45) is 0 Å². The number of fused-ring (bicyclic) bond motifs is 1. The van der Waals surface area contributed by atoms with Gasteiger partial charge in [-0.3, -0.25) is 9.69 Å². The van der Waals surface area contributed by atoms with Crippen LogP contribution in [0.1, 0.15) is 10.5 Å². The summed E-state index contributed by atoms with van der Waals surface area (Å²) in [5.74, 6) is -0.506. The maximum atomic E-state index is 13.3. The van der Waals surface area contributed by atoms with Gasteiger partial charge in [-0.25, -0.2) is 4.39 Å². The number of nitrogens with zero attached hydrogens (tertiary/aromatic N) is 2. The Morgan fingerprint density at radius 1 is 1.25 bits per heavy atom. The van der Waals surface area contributed by atoms with E-state index in [0.717, 1.165) is 18.5 Å². The van der Waals surface area contributed by atoms with Crippen LogP contribution >= 0.6 is 0 Å². The zero-order chi connectivity index (χ0) is 16.7. The smallest absolute Gasteiger partial charge is 0.270 e. The third-order valence-electron chi connectivity index (χ3n) is 4.88. The molecule has 2 N–H and O–H groups in total. The van der Waals surface area contributed by atoms with Gasteiger partial charge in [0.05, 0.1) is 25.4 Å². The number of β-amino-alcohol motifs (C(OH)–C–C–N with tert-alkyl or cyclic N) is 1. The molecule has 0 spiro atoms. The zero-order valence-corrected chi connectivity index (χ0v) is 13.2. The summed E-state index contributed by atoms with van der Waals surface area (Å²) in [6.07, 6.45) is -0.561. The number of aliphatic hydroxyl groups excluding tert-OH is 1. The molecule has 0 bridgehead atoms. The van der Waals surface area contributed by atoms with E-state index in [2.05, 4.69) is 9.88 Å². The van der Waals surface area contributed by atoms with Crippen LogP contribution in [0.2, 0.25) is 0 Å². The van der Waals surface area contributed by atoms with E-state index < -0.39 is 6.10 Å². The summed E-state index contributed by atoms with van der Waals surface area (Å²) in [7, 11) is 0. The van der Waals surface area contributed by atoms with Crippen LogP contribution in [0, 0.1) is 5.82 Å². The topological polar surface area (TPSA) is 68.8 Å². The van der Waals surface area contributed by atoms with Crippen LogP contribution in [0.4, 0.5) is 4.39 Å². The number of H-pyrrole nitrogens is 1. The van der Waals surface area contributed by atoms with Gasteiger partial charge in [0.25, 0.3) is 5.91 Å². The van der Waals surface area contributed by atoms with Crippen molar-refractivity contribution < 1.29 is 19.0 Å². The largest absolute Gasteiger partial charge is 0.390 e. The Balaban J connectivity index is 1.51. The molecule has 2 atom stereocenters. The number of morpholine rings is 1. The Labute approximate surface area is 138 Å². The first kappa shape index (κ1) is 15.6. The fraction of sp³-hybridized carbons (Fsp3) is 0.471. The number of benzene rings is 1. The molecule has 6 nitrogen and oxygen atoms in total. The quantitative estimate of drug-likeness (QED) is 0.854. The number of aliphatic hydroxyl groups is 1. The lowest BCUT2D eigenvalue weighted by molar-refractivity contribution is -0.00611. The Morgan fingerprint density at radius 2 is 2.04 bits per heavy atom. The highest BCUT2D eigenvalue weighted by atomic mass is 19.1. The van der Waals surface area contributed by atoms with Crippen molar-refractivity contribution >= 4 is 16.8 Å². The van der Waals surface area contributed by atoms with Crippen molar-refractivity contribution in [3.63, 3.8) is 0 Å². The molecule has 0 aliphatic carbocycles. The standard InChI is InChI=1S/C17H20FN3O3/c18-12-2-1-11-7-14(19-13(11)8-12)17(23)21-9-15(16(22)10-21)20-3-5-24-6-4-20/h1-2,7-8,15-16,19,22H,3-6,9-10H2/t15-,16-/m1/s1. The van der Waals surface area contributed by atoms with Crippen LogP contribution in [0.5, 0.6) is 0 Å². The molecule has 2 aliphatic heterocycles. The number of hydrogen-bond donors (Lipinski definition) is 2. The van der Waals surface area contributed by atoms with Gasteiger partial charge in [-0.2, -0.15) is 0 Å². The summed E-state index contributed by atoms with van der Waals surface area (Å²) < 4.78 is 18.6. The summed E-state index contributed by atoms with van der Waals surface area (Å²) in [5, 5.41) is 11.1. The summed E-state index contributed by atoms with van der Waals surface area (Å²) in [4.78, 5) is 19.5. The maximum Gasteiger partial charge on any atom is 0.270 e. The number of rotatable bonds is 2. The predicted molar refractivity (Wildman–Crippen MR) is 86.3 cm³/mol. The normalized spacial score (nSPS) is 25.5. The molecule has 4 rings (SSSR count). The van der Waals surface area contributed by atoms with Crippen molar-refractivity contribution in [1.82, 2.24) is 14.8 Å². The Hall–Kier alpha value is -1.96. The zero-order valence-electron chi connectivity index (χ0n) is 13.2. The Morgan fingerprint density at radius 3 is 2.83 bits per heavy atom. The van der Waals surface area contributed by atoms with E-state index in [-0.39, 0.29) is 17.8 Å². The van der Waals surface area contributed by atoms with Crippen LogP contribution in [-0.4, -0.2) is 77.3 Å². The van der Waals surface area contributed by atoms with Gasteiger partial charge in [-0.15, -0.1) is 0 Å². The van der Waals surface area contributed by atoms with Crippen molar-refractivity contribution in [2.75, 3.05) is 39.4 Å². The lowest BCUT2D eigenvalue weighted by Crippen LogP contribution is -2.49. The molecule has 1 aromatic heterocycles. The molecule has 128 valence electrons. The number of likely N-dealkylation sites (tertiary alicyclic amines) is 1.